The fourth-order valence-corrected chi connectivity index (χ4v) is 2.05. The molecule has 1 N–H and O–H groups in total. The van der Waals surface area contributed by atoms with Crippen LogP contribution < -0.4 is 5.32 Å². The average molecular weight is 225 g/mol. The fourth-order valence-electron chi connectivity index (χ4n) is 2.05. The second kappa shape index (κ2) is 5.70. The molecule has 90 valence electrons. The van der Waals surface area contributed by atoms with Gasteiger partial charge in [-0.25, -0.2) is 0 Å². The molecule has 1 aliphatic rings. The van der Waals surface area contributed by atoms with Crippen molar-refractivity contribution in [3.63, 3.8) is 0 Å². The molecule has 0 bridgehead atoms. The van der Waals surface area contributed by atoms with Crippen LogP contribution in [0.4, 0.5) is 13.2 Å². The highest BCUT2D eigenvalue weighted by Crippen LogP contribution is 2.23. The molecule has 1 rings (SSSR count). The molecule has 1 fully saturated rings. The smallest absolute Gasteiger partial charge is 0.312 e. The molecule has 15 heavy (non-hydrogen) atoms. The van der Waals surface area contributed by atoms with Crippen LogP contribution in [0.3, 0.4) is 0 Å². The Morgan fingerprint density at radius 2 is 2.07 bits per heavy atom. The van der Waals surface area contributed by atoms with Gasteiger partial charge in [-0.05, 0) is 18.8 Å². The van der Waals surface area contributed by atoms with E-state index in [1.54, 1.807) is 0 Å². The van der Waals surface area contributed by atoms with Crippen molar-refractivity contribution in [3.8, 4) is 0 Å². The van der Waals surface area contributed by atoms with Gasteiger partial charge in [-0.15, -0.1) is 13.2 Å². The zero-order chi connectivity index (χ0) is 11.3. The number of hydrogen-bond donors (Lipinski definition) is 1. The van der Waals surface area contributed by atoms with Gasteiger partial charge >= 0.3 is 6.36 Å². The first-order valence-electron chi connectivity index (χ1n) is 5.41. The van der Waals surface area contributed by atoms with Crippen LogP contribution in [0.15, 0.2) is 0 Å². The molecule has 2 nitrogen and oxygen atoms in total. The second-order valence-corrected chi connectivity index (χ2v) is 4.22. The maximum absolute atomic E-state index is 11.6. The van der Waals surface area contributed by atoms with Crippen molar-refractivity contribution in [3.05, 3.63) is 0 Å². The highest BCUT2D eigenvalue weighted by Gasteiger charge is 2.28. The molecule has 0 spiro atoms. The van der Waals surface area contributed by atoms with E-state index in [1.165, 1.54) is 12.8 Å². The van der Waals surface area contributed by atoms with E-state index in [2.05, 4.69) is 17.0 Å². The van der Waals surface area contributed by atoms with Gasteiger partial charge in [0, 0.05) is 12.6 Å². The Balaban J connectivity index is 2.04. The zero-order valence-electron chi connectivity index (χ0n) is 8.94. The number of alkyl halides is 3. The third-order valence-electron chi connectivity index (χ3n) is 2.74. The minimum absolute atomic E-state index is 0.275. The van der Waals surface area contributed by atoms with E-state index in [-0.39, 0.29) is 13.2 Å². The van der Waals surface area contributed by atoms with Gasteiger partial charge in [-0.1, -0.05) is 19.8 Å². The van der Waals surface area contributed by atoms with Crippen molar-refractivity contribution in [2.24, 2.45) is 5.92 Å². The third kappa shape index (κ3) is 5.99. The Labute approximate surface area is 88.2 Å². The minimum atomic E-state index is -4.50. The lowest BCUT2D eigenvalue weighted by molar-refractivity contribution is -0.323. The molecular weight excluding hydrogens is 207 g/mol. The Morgan fingerprint density at radius 1 is 1.33 bits per heavy atom. The Bertz CT molecular complexity index is 184. The molecule has 1 aliphatic carbocycles. The first-order valence-corrected chi connectivity index (χ1v) is 5.41. The number of hydrogen-bond acceptors (Lipinski definition) is 2. The van der Waals surface area contributed by atoms with E-state index in [9.17, 15) is 13.2 Å². The van der Waals surface area contributed by atoms with E-state index < -0.39 is 6.36 Å². The van der Waals surface area contributed by atoms with Crippen LogP contribution in [0.2, 0.25) is 0 Å². The number of halogens is 3. The maximum Gasteiger partial charge on any atom is 0.522 e. The highest BCUT2D eigenvalue weighted by atomic mass is 19.4. The van der Waals surface area contributed by atoms with Gasteiger partial charge in [-0.2, -0.15) is 0 Å². The first-order chi connectivity index (χ1) is 6.97. The molecule has 1 saturated carbocycles. The number of nitrogens with one attached hydrogen (secondary N) is 1. The van der Waals surface area contributed by atoms with E-state index in [1.807, 2.05) is 0 Å². The summed E-state index contributed by atoms with van der Waals surface area (Å²) in [6.07, 6.45) is 0.0279. The van der Waals surface area contributed by atoms with Crippen LogP contribution in [0.5, 0.6) is 0 Å². The minimum Gasteiger partial charge on any atom is -0.312 e. The second-order valence-electron chi connectivity index (χ2n) is 4.22. The summed E-state index contributed by atoms with van der Waals surface area (Å²) < 4.78 is 38.6. The van der Waals surface area contributed by atoms with Crippen LogP contribution in [-0.2, 0) is 4.74 Å². The zero-order valence-corrected chi connectivity index (χ0v) is 8.94. The topological polar surface area (TPSA) is 21.3 Å². The van der Waals surface area contributed by atoms with Crippen molar-refractivity contribution < 1.29 is 17.9 Å². The first kappa shape index (κ1) is 12.8. The number of rotatable bonds is 4. The van der Waals surface area contributed by atoms with Gasteiger partial charge in [-0.3, -0.25) is 4.74 Å². The summed E-state index contributed by atoms with van der Waals surface area (Å²) in [6, 6.07) is 0.366. The monoisotopic (exact) mass is 225 g/mol. The molecule has 0 aliphatic heterocycles. The van der Waals surface area contributed by atoms with Gasteiger partial charge in [0.25, 0.3) is 0 Å². The standard InChI is InChI=1S/C10H18F3NO/c1-8-3-2-4-9(7-8)14-5-6-15-10(11,12)13/h8-9,14H,2-7H2,1H3. The molecule has 2 atom stereocenters. The Morgan fingerprint density at radius 3 is 2.67 bits per heavy atom. The largest absolute Gasteiger partial charge is 0.522 e. The average Bonchev–Trinajstić information content (AvgIpc) is 2.11. The molecule has 0 amide bonds. The molecule has 0 aromatic carbocycles. The predicted molar refractivity (Wildman–Crippen MR) is 51.4 cm³/mol. The maximum atomic E-state index is 11.6. The van der Waals surface area contributed by atoms with Gasteiger partial charge in [0.1, 0.15) is 0 Å². The lowest BCUT2D eigenvalue weighted by atomic mass is 9.87. The molecule has 0 radical (unpaired) electrons. The Hall–Kier alpha value is -0.290. The van der Waals surface area contributed by atoms with Gasteiger partial charge in [0.2, 0.25) is 0 Å². The van der Waals surface area contributed by atoms with E-state index in [4.69, 9.17) is 0 Å². The Kier molecular flexibility index (Phi) is 4.86. The SMILES string of the molecule is CC1CCCC(NCCOC(F)(F)F)C1. The van der Waals surface area contributed by atoms with E-state index >= 15 is 0 Å². The molecule has 0 heterocycles. The van der Waals surface area contributed by atoms with E-state index in [0.717, 1.165) is 12.8 Å². The molecule has 0 aromatic heterocycles. The lowest BCUT2D eigenvalue weighted by Crippen LogP contribution is -2.36. The molecule has 5 heteroatoms. The summed E-state index contributed by atoms with van der Waals surface area (Å²) >= 11 is 0. The van der Waals surface area contributed by atoms with Crippen molar-refractivity contribution in [1.29, 1.82) is 0 Å². The molecule has 0 saturated heterocycles. The summed E-state index contributed by atoms with van der Waals surface area (Å²) in [5.41, 5.74) is 0. The van der Waals surface area contributed by atoms with Gasteiger partial charge < -0.3 is 5.32 Å². The molecular formula is C10H18F3NO. The summed E-state index contributed by atoms with van der Waals surface area (Å²) in [6.45, 7) is 2.16. The lowest BCUT2D eigenvalue weighted by Gasteiger charge is -2.27. The van der Waals surface area contributed by atoms with Crippen LogP contribution in [-0.4, -0.2) is 25.6 Å². The van der Waals surface area contributed by atoms with Crippen LogP contribution in [0, 0.1) is 5.92 Å². The van der Waals surface area contributed by atoms with Gasteiger partial charge in [0.05, 0.1) is 6.61 Å². The normalized spacial score (nSPS) is 28.0. The molecule has 0 aromatic rings. The quantitative estimate of drug-likeness (QED) is 0.743. The summed E-state index contributed by atoms with van der Waals surface area (Å²) in [5, 5.41) is 3.10. The summed E-state index contributed by atoms with van der Waals surface area (Å²) in [7, 11) is 0. The van der Waals surface area contributed by atoms with Crippen molar-refractivity contribution in [2.75, 3.05) is 13.2 Å². The predicted octanol–water partition coefficient (Wildman–Crippen LogP) is 2.69. The summed E-state index contributed by atoms with van der Waals surface area (Å²) in [4.78, 5) is 0. The van der Waals surface area contributed by atoms with Crippen LogP contribution in [0.1, 0.15) is 32.6 Å². The van der Waals surface area contributed by atoms with Crippen LogP contribution >= 0.6 is 0 Å². The summed E-state index contributed by atoms with van der Waals surface area (Å²) in [5.74, 6) is 0.680. The van der Waals surface area contributed by atoms with Crippen LogP contribution in [0.25, 0.3) is 0 Å². The van der Waals surface area contributed by atoms with Crippen molar-refractivity contribution in [1.82, 2.24) is 5.32 Å². The highest BCUT2D eigenvalue weighted by molar-refractivity contribution is 4.75. The molecule has 2 unspecified atom stereocenters. The van der Waals surface area contributed by atoms with Crippen molar-refractivity contribution >= 4 is 0 Å². The number of ether oxygens (including phenoxy) is 1. The fraction of sp³-hybridized carbons (Fsp3) is 1.00. The van der Waals surface area contributed by atoms with Gasteiger partial charge in [0.15, 0.2) is 0 Å². The third-order valence-corrected chi connectivity index (χ3v) is 2.74. The van der Waals surface area contributed by atoms with E-state index in [0.29, 0.717) is 12.0 Å². The van der Waals surface area contributed by atoms with Crippen molar-refractivity contribution in [2.45, 2.75) is 45.0 Å².